The van der Waals surface area contributed by atoms with Crippen LogP contribution in [0, 0.1) is 12.1 Å². The minimum atomic E-state index is 0.0631. The van der Waals surface area contributed by atoms with Crippen LogP contribution in [0.15, 0.2) is 0 Å². The van der Waals surface area contributed by atoms with Gasteiger partial charge in [0.1, 0.15) is 12.5 Å². The van der Waals surface area contributed by atoms with Gasteiger partial charge in [0, 0.05) is 5.92 Å². The van der Waals surface area contributed by atoms with Crippen molar-refractivity contribution < 1.29 is 9.18 Å². The van der Waals surface area contributed by atoms with E-state index < -0.39 is 0 Å². The molecule has 0 amide bonds. The zero-order valence-corrected chi connectivity index (χ0v) is 5.27. The summed E-state index contributed by atoms with van der Waals surface area (Å²) in [5, 5.41) is 0. The zero-order chi connectivity index (χ0) is 6.69. The van der Waals surface area contributed by atoms with E-state index in [0.29, 0.717) is 12.8 Å². The van der Waals surface area contributed by atoms with Gasteiger partial charge in [-0.3, -0.25) is 0 Å². The van der Waals surface area contributed by atoms with E-state index in [-0.39, 0.29) is 12.1 Å². The average Bonchev–Trinajstić information content (AvgIpc) is 1.90. The monoisotopic (exact) mass is 129 g/mol. The van der Waals surface area contributed by atoms with E-state index in [9.17, 15) is 9.18 Å². The van der Waals surface area contributed by atoms with Gasteiger partial charge in [0.2, 0.25) is 0 Å². The molecule has 0 atom stereocenters. The van der Waals surface area contributed by atoms with Gasteiger partial charge >= 0.3 is 0 Å². The molecule has 1 radical (unpaired) electrons. The van der Waals surface area contributed by atoms with Crippen LogP contribution in [-0.4, -0.2) is 6.29 Å². The molecular formula is C7H10FO. The van der Waals surface area contributed by atoms with Crippen molar-refractivity contribution in [2.24, 2.45) is 5.92 Å². The van der Waals surface area contributed by atoms with E-state index >= 15 is 0 Å². The molecule has 2 heteroatoms. The van der Waals surface area contributed by atoms with Crippen molar-refractivity contribution in [1.82, 2.24) is 0 Å². The van der Waals surface area contributed by atoms with Gasteiger partial charge < -0.3 is 4.79 Å². The fourth-order valence-corrected chi connectivity index (χ4v) is 1.09. The Bertz CT molecular complexity index is 95.1. The maximum absolute atomic E-state index is 12.3. The number of aldehydes is 1. The molecule has 0 aliphatic heterocycles. The second kappa shape index (κ2) is 2.95. The lowest BCUT2D eigenvalue weighted by molar-refractivity contribution is -0.111. The van der Waals surface area contributed by atoms with Gasteiger partial charge in [-0.15, -0.1) is 0 Å². The lowest BCUT2D eigenvalue weighted by Crippen LogP contribution is -2.10. The van der Waals surface area contributed by atoms with E-state index in [0.717, 1.165) is 19.1 Å². The maximum atomic E-state index is 12.3. The Morgan fingerprint density at radius 3 is 2.44 bits per heavy atom. The summed E-state index contributed by atoms with van der Waals surface area (Å²) in [7, 11) is 0. The number of hydrogen-bond acceptors (Lipinski definition) is 1. The van der Waals surface area contributed by atoms with Gasteiger partial charge in [-0.2, -0.15) is 0 Å². The van der Waals surface area contributed by atoms with Crippen molar-refractivity contribution in [2.75, 3.05) is 0 Å². The van der Waals surface area contributed by atoms with Crippen molar-refractivity contribution in [3.8, 4) is 0 Å². The van der Waals surface area contributed by atoms with Crippen LogP contribution in [0.4, 0.5) is 4.39 Å². The van der Waals surface area contributed by atoms with Crippen LogP contribution in [0.5, 0.6) is 0 Å². The summed E-state index contributed by atoms with van der Waals surface area (Å²) < 4.78 is 12.3. The number of rotatable bonds is 1. The quantitative estimate of drug-likeness (QED) is 0.494. The molecule has 0 aromatic heterocycles. The second-order valence-electron chi connectivity index (χ2n) is 2.49. The maximum Gasteiger partial charge on any atom is 0.144 e. The molecule has 0 saturated heterocycles. The normalized spacial score (nSPS) is 24.1. The molecule has 0 unspecified atom stereocenters. The summed E-state index contributed by atoms with van der Waals surface area (Å²) in [5.41, 5.74) is 0. The van der Waals surface area contributed by atoms with Gasteiger partial charge in [-0.25, -0.2) is 4.39 Å². The molecule has 0 aromatic rings. The van der Waals surface area contributed by atoms with Crippen LogP contribution in [0.3, 0.4) is 0 Å². The summed E-state index contributed by atoms with van der Waals surface area (Å²) in [6, 6.07) is 0. The van der Waals surface area contributed by atoms with Crippen LogP contribution in [0.1, 0.15) is 25.7 Å². The van der Waals surface area contributed by atoms with Gasteiger partial charge in [-0.1, -0.05) is 0 Å². The molecule has 0 aromatic carbocycles. The molecule has 1 nitrogen and oxygen atoms in total. The van der Waals surface area contributed by atoms with Crippen LogP contribution < -0.4 is 0 Å². The highest BCUT2D eigenvalue weighted by Crippen LogP contribution is 2.29. The third kappa shape index (κ3) is 1.77. The highest BCUT2D eigenvalue weighted by Gasteiger charge is 2.20. The lowest BCUT2D eigenvalue weighted by Gasteiger charge is -2.17. The van der Waals surface area contributed by atoms with Crippen LogP contribution in [0.2, 0.25) is 0 Å². The minimum absolute atomic E-state index is 0.0631. The number of carbonyl (C=O) groups is 1. The second-order valence-corrected chi connectivity index (χ2v) is 2.49. The molecule has 1 aliphatic carbocycles. The molecule has 9 heavy (non-hydrogen) atoms. The fourth-order valence-electron chi connectivity index (χ4n) is 1.09. The Labute approximate surface area is 54.3 Å². The summed E-state index contributed by atoms with van der Waals surface area (Å²) in [6.07, 6.45) is 3.44. The highest BCUT2D eigenvalue weighted by atomic mass is 19.1. The third-order valence-electron chi connectivity index (χ3n) is 1.77. The van der Waals surface area contributed by atoms with Crippen molar-refractivity contribution >= 4 is 6.29 Å². The zero-order valence-electron chi connectivity index (χ0n) is 5.27. The molecule has 0 spiro atoms. The fraction of sp³-hybridized carbons (Fsp3) is 0.714. The van der Waals surface area contributed by atoms with Gasteiger partial charge in [0.15, 0.2) is 0 Å². The predicted molar refractivity (Wildman–Crippen MR) is 32.4 cm³/mol. The molecule has 1 rings (SSSR count). The van der Waals surface area contributed by atoms with Crippen LogP contribution >= 0.6 is 0 Å². The summed E-state index contributed by atoms with van der Waals surface area (Å²) >= 11 is 0. The van der Waals surface area contributed by atoms with E-state index in [4.69, 9.17) is 0 Å². The van der Waals surface area contributed by atoms with Gasteiger partial charge in [-0.05, 0) is 25.7 Å². The molecule has 0 heterocycles. The average molecular weight is 129 g/mol. The number of carbonyl (C=O) groups excluding carboxylic acids is 1. The Hall–Kier alpha value is -0.400. The Balaban J connectivity index is 2.26. The first-order valence-electron chi connectivity index (χ1n) is 3.28. The molecule has 1 saturated carbocycles. The van der Waals surface area contributed by atoms with Crippen LogP contribution in [-0.2, 0) is 4.79 Å². The first-order chi connectivity index (χ1) is 4.33. The first kappa shape index (κ1) is 6.72. The molecule has 51 valence electrons. The third-order valence-corrected chi connectivity index (χ3v) is 1.77. The van der Waals surface area contributed by atoms with E-state index in [1.165, 1.54) is 0 Å². The molecule has 0 bridgehead atoms. The van der Waals surface area contributed by atoms with E-state index in [1.54, 1.807) is 0 Å². The largest absolute Gasteiger partial charge is 0.303 e. The minimum Gasteiger partial charge on any atom is -0.303 e. The molecule has 1 aliphatic rings. The predicted octanol–water partition coefficient (Wildman–Crippen LogP) is 1.88. The Morgan fingerprint density at radius 2 is 2.00 bits per heavy atom. The SMILES string of the molecule is O=CC1CC[C](F)CC1. The van der Waals surface area contributed by atoms with Crippen molar-refractivity contribution in [2.45, 2.75) is 25.7 Å². The molecule has 1 fully saturated rings. The van der Waals surface area contributed by atoms with Gasteiger partial charge in [0.05, 0.1) is 0 Å². The summed E-state index contributed by atoms with van der Waals surface area (Å²) in [5.74, 6) is 0.129. The topological polar surface area (TPSA) is 17.1 Å². The van der Waals surface area contributed by atoms with Crippen molar-refractivity contribution in [1.29, 1.82) is 0 Å². The Kier molecular flexibility index (Phi) is 2.20. The first-order valence-corrected chi connectivity index (χ1v) is 3.28. The number of halogens is 1. The smallest absolute Gasteiger partial charge is 0.144 e. The van der Waals surface area contributed by atoms with Crippen LogP contribution in [0.25, 0.3) is 0 Å². The van der Waals surface area contributed by atoms with Crippen molar-refractivity contribution in [3.63, 3.8) is 0 Å². The Morgan fingerprint density at radius 1 is 1.44 bits per heavy atom. The van der Waals surface area contributed by atoms with Gasteiger partial charge in [0.25, 0.3) is 0 Å². The standard InChI is InChI=1S/C7H10FO/c8-7-3-1-6(5-9)2-4-7/h5-6H,1-4H2. The highest BCUT2D eigenvalue weighted by molar-refractivity contribution is 5.53. The lowest BCUT2D eigenvalue weighted by atomic mass is 9.89. The molecule has 0 N–H and O–H groups in total. The molecular weight excluding hydrogens is 119 g/mol. The van der Waals surface area contributed by atoms with E-state index in [2.05, 4.69) is 0 Å². The summed E-state index contributed by atoms with van der Waals surface area (Å²) in [4.78, 5) is 10.1. The number of hydrogen-bond donors (Lipinski definition) is 0. The summed E-state index contributed by atoms with van der Waals surface area (Å²) in [6.45, 7) is 0. The van der Waals surface area contributed by atoms with Crippen molar-refractivity contribution in [3.05, 3.63) is 6.17 Å². The van der Waals surface area contributed by atoms with E-state index in [1.807, 2.05) is 0 Å².